The normalized spacial score (nSPS) is 24.7. The molecule has 2 aromatic heterocycles. The minimum Gasteiger partial charge on any atom is -0.441 e. The molecule has 182 valence electrons. The van der Waals surface area contributed by atoms with E-state index in [0.717, 1.165) is 54.6 Å². The van der Waals surface area contributed by atoms with Gasteiger partial charge in [-0.2, -0.15) is 5.26 Å². The van der Waals surface area contributed by atoms with Crippen LogP contribution in [0.15, 0.2) is 42.9 Å². The highest BCUT2D eigenvalue weighted by Crippen LogP contribution is 2.48. The Labute approximate surface area is 205 Å². The maximum absolute atomic E-state index is 13.0. The lowest BCUT2D eigenvalue weighted by molar-refractivity contribution is -0.0264. The first-order chi connectivity index (χ1) is 16.7. The van der Waals surface area contributed by atoms with Gasteiger partial charge in [-0.05, 0) is 75.3 Å². The van der Waals surface area contributed by atoms with E-state index in [2.05, 4.69) is 27.5 Å². The van der Waals surface area contributed by atoms with E-state index in [1.54, 1.807) is 24.3 Å². The van der Waals surface area contributed by atoms with Crippen molar-refractivity contribution in [1.29, 1.82) is 5.26 Å². The highest BCUT2D eigenvalue weighted by Gasteiger charge is 2.51. The second kappa shape index (κ2) is 8.35. The Kier molecular flexibility index (Phi) is 5.56. The van der Waals surface area contributed by atoms with E-state index in [4.69, 9.17) is 9.47 Å². The van der Waals surface area contributed by atoms with Gasteiger partial charge in [0.05, 0.1) is 53.1 Å². The highest BCUT2D eigenvalue weighted by molar-refractivity contribution is 5.90. The summed E-state index contributed by atoms with van der Waals surface area (Å²) in [4.78, 5) is 23.7. The number of carbonyl (C=O) groups excluding carboxylic acids is 1. The number of nitrogens with zero attached hydrogens (tertiary/aromatic N) is 5. The van der Waals surface area contributed by atoms with Crippen LogP contribution >= 0.6 is 0 Å². The van der Waals surface area contributed by atoms with Crippen LogP contribution in [-0.4, -0.2) is 39.9 Å². The van der Waals surface area contributed by atoms with E-state index in [-0.39, 0.29) is 11.5 Å². The summed E-state index contributed by atoms with van der Waals surface area (Å²) in [5.41, 5.74) is 2.91. The van der Waals surface area contributed by atoms with Gasteiger partial charge in [-0.3, -0.25) is 9.88 Å². The maximum Gasteiger partial charge on any atom is 0.415 e. The summed E-state index contributed by atoms with van der Waals surface area (Å²) in [6, 6.07) is 11.6. The van der Waals surface area contributed by atoms with Crippen molar-refractivity contribution in [2.75, 3.05) is 18.6 Å². The third kappa shape index (κ3) is 4.25. The van der Waals surface area contributed by atoms with Crippen LogP contribution in [-0.2, 0) is 21.6 Å². The zero-order chi connectivity index (χ0) is 24.8. The Morgan fingerprint density at radius 3 is 2.77 bits per heavy atom. The van der Waals surface area contributed by atoms with E-state index in [9.17, 15) is 10.1 Å². The first kappa shape index (κ1) is 23.3. The van der Waals surface area contributed by atoms with Crippen LogP contribution in [0.4, 0.5) is 10.5 Å². The minimum absolute atomic E-state index is 0.0740. The van der Waals surface area contributed by atoms with Gasteiger partial charge in [0.15, 0.2) is 0 Å². The lowest BCUT2D eigenvalue weighted by Crippen LogP contribution is -2.45. The molecule has 1 saturated heterocycles. The number of methoxy groups -OCH3 is 1. The Morgan fingerprint density at radius 1 is 1.23 bits per heavy atom. The molecular weight excluding hydrogens is 442 g/mol. The number of pyridine rings is 1. The van der Waals surface area contributed by atoms with Crippen molar-refractivity contribution >= 4 is 22.8 Å². The van der Waals surface area contributed by atoms with E-state index >= 15 is 0 Å². The van der Waals surface area contributed by atoms with Crippen LogP contribution in [0.1, 0.15) is 57.7 Å². The predicted molar refractivity (Wildman–Crippen MR) is 132 cm³/mol. The van der Waals surface area contributed by atoms with Crippen molar-refractivity contribution in [3.63, 3.8) is 0 Å². The summed E-state index contributed by atoms with van der Waals surface area (Å²) >= 11 is 0. The van der Waals surface area contributed by atoms with Crippen LogP contribution in [0, 0.1) is 16.7 Å². The zero-order valence-electron chi connectivity index (χ0n) is 20.7. The smallest absolute Gasteiger partial charge is 0.415 e. The molecule has 1 aliphatic heterocycles. The summed E-state index contributed by atoms with van der Waals surface area (Å²) in [6.45, 7) is 7.44. The molecule has 35 heavy (non-hydrogen) atoms. The Hall–Kier alpha value is -3.44. The fourth-order valence-electron chi connectivity index (χ4n) is 5.64. The summed E-state index contributed by atoms with van der Waals surface area (Å²) in [5, 5.41) is 9.30. The number of ether oxygens (including phenoxy) is 2. The van der Waals surface area contributed by atoms with E-state index in [0.29, 0.717) is 12.1 Å². The molecule has 0 bridgehead atoms. The summed E-state index contributed by atoms with van der Waals surface area (Å²) in [6.07, 6.45) is 6.88. The van der Waals surface area contributed by atoms with Crippen LogP contribution in [0.5, 0.6) is 0 Å². The number of anilines is 1. The first-order valence-corrected chi connectivity index (χ1v) is 12.0. The second-order valence-corrected chi connectivity index (χ2v) is 10.8. The van der Waals surface area contributed by atoms with Crippen molar-refractivity contribution in [1.82, 2.24) is 14.5 Å². The van der Waals surface area contributed by atoms with E-state index in [1.165, 1.54) is 0 Å². The fraction of sp³-hybridized carbons (Fsp3) is 0.481. The zero-order valence-corrected chi connectivity index (χ0v) is 20.7. The molecule has 0 unspecified atom stereocenters. The quantitative estimate of drug-likeness (QED) is 0.508. The largest absolute Gasteiger partial charge is 0.441 e. The number of nitriles is 1. The SMILES string of the molecule is COC(C)(C)c1ccc(N2C[C@@]3(CCC[C@](C)(Cn4cnc5ccc(C#N)cc54)C3)OC2=O)cn1. The van der Waals surface area contributed by atoms with Gasteiger partial charge < -0.3 is 14.0 Å². The molecule has 0 N–H and O–H groups in total. The van der Waals surface area contributed by atoms with Gasteiger partial charge in [-0.25, -0.2) is 9.78 Å². The molecular formula is C27H31N5O3. The Bertz CT molecular complexity index is 1310. The topological polar surface area (TPSA) is 93.3 Å². The van der Waals surface area contributed by atoms with Crippen molar-refractivity contribution in [2.24, 2.45) is 5.41 Å². The van der Waals surface area contributed by atoms with Gasteiger partial charge in [-0.1, -0.05) is 6.92 Å². The second-order valence-electron chi connectivity index (χ2n) is 10.8. The summed E-state index contributed by atoms with van der Waals surface area (Å²) in [7, 11) is 1.66. The van der Waals surface area contributed by atoms with Crippen LogP contribution in [0.2, 0.25) is 0 Å². The van der Waals surface area contributed by atoms with Crippen molar-refractivity contribution in [3.05, 3.63) is 54.1 Å². The van der Waals surface area contributed by atoms with Gasteiger partial charge >= 0.3 is 6.09 Å². The van der Waals surface area contributed by atoms with Gasteiger partial charge in [0.1, 0.15) is 11.2 Å². The Balaban J connectivity index is 1.36. The number of benzene rings is 1. The van der Waals surface area contributed by atoms with Crippen molar-refractivity contribution in [3.8, 4) is 6.07 Å². The van der Waals surface area contributed by atoms with E-state index < -0.39 is 11.2 Å². The molecule has 2 fully saturated rings. The number of hydrogen-bond acceptors (Lipinski definition) is 6. The monoisotopic (exact) mass is 473 g/mol. The van der Waals surface area contributed by atoms with Crippen LogP contribution < -0.4 is 4.90 Å². The molecule has 8 nitrogen and oxygen atoms in total. The average Bonchev–Trinajstić information content (AvgIpc) is 3.38. The average molecular weight is 474 g/mol. The van der Waals surface area contributed by atoms with Gasteiger partial charge in [0.2, 0.25) is 0 Å². The number of amides is 1. The highest BCUT2D eigenvalue weighted by atomic mass is 16.6. The fourth-order valence-corrected chi connectivity index (χ4v) is 5.64. The molecule has 1 spiro atoms. The minimum atomic E-state index is -0.525. The Morgan fingerprint density at radius 2 is 2.06 bits per heavy atom. The van der Waals surface area contributed by atoms with Gasteiger partial charge in [-0.15, -0.1) is 0 Å². The lowest BCUT2D eigenvalue weighted by Gasteiger charge is -2.43. The summed E-state index contributed by atoms with van der Waals surface area (Å²) < 4.78 is 13.7. The number of rotatable bonds is 5. The molecule has 1 amide bonds. The third-order valence-corrected chi connectivity index (χ3v) is 7.62. The van der Waals surface area contributed by atoms with Crippen molar-refractivity contribution in [2.45, 2.75) is 64.2 Å². The molecule has 2 atom stereocenters. The predicted octanol–water partition coefficient (Wildman–Crippen LogP) is 5.16. The molecule has 5 rings (SSSR count). The number of carbonyl (C=O) groups is 1. The van der Waals surface area contributed by atoms with Gasteiger partial charge in [0, 0.05) is 13.7 Å². The molecule has 3 aromatic rings. The molecule has 1 aliphatic carbocycles. The molecule has 8 heteroatoms. The number of imidazole rings is 1. The molecule has 3 heterocycles. The molecule has 0 radical (unpaired) electrons. The molecule has 2 aliphatic rings. The van der Waals surface area contributed by atoms with Crippen molar-refractivity contribution < 1.29 is 14.3 Å². The van der Waals surface area contributed by atoms with Gasteiger partial charge in [0.25, 0.3) is 0 Å². The van der Waals surface area contributed by atoms with E-state index in [1.807, 2.05) is 44.4 Å². The number of hydrogen-bond donors (Lipinski definition) is 0. The summed E-state index contributed by atoms with van der Waals surface area (Å²) in [5.74, 6) is 0. The van der Waals surface area contributed by atoms with Crippen LogP contribution in [0.25, 0.3) is 11.0 Å². The number of aromatic nitrogens is 3. The first-order valence-electron chi connectivity index (χ1n) is 12.0. The third-order valence-electron chi connectivity index (χ3n) is 7.62. The van der Waals surface area contributed by atoms with Crippen LogP contribution in [0.3, 0.4) is 0 Å². The lowest BCUT2D eigenvalue weighted by atomic mass is 9.68. The maximum atomic E-state index is 13.0. The molecule has 1 saturated carbocycles. The molecule has 1 aromatic carbocycles. The standard InChI is InChI=1S/C27H31N5O3/c1-25(2,34-4)23-9-7-20(14-29-23)32-17-27(35-24(32)33)11-5-10-26(3,15-27)16-31-18-30-21-8-6-19(13-28)12-22(21)31/h6-9,12,14,18H,5,10-11,15-17H2,1-4H3/t26-,27-/m0/s1. The number of fused-ring (bicyclic) bond motifs is 1.